The van der Waals surface area contributed by atoms with Crippen LogP contribution in [0.4, 0.5) is 0 Å². The quantitative estimate of drug-likeness (QED) is 0.454. The lowest BCUT2D eigenvalue weighted by molar-refractivity contribution is -0.131. The van der Waals surface area contributed by atoms with Crippen LogP contribution in [0.5, 0.6) is 5.75 Å². The predicted molar refractivity (Wildman–Crippen MR) is 129 cm³/mol. The van der Waals surface area contributed by atoms with E-state index < -0.39 is 0 Å². The Labute approximate surface area is 191 Å². The minimum Gasteiger partial charge on any atom is -0.494 e. The Morgan fingerprint density at radius 3 is 2.47 bits per heavy atom. The van der Waals surface area contributed by atoms with Crippen molar-refractivity contribution in [3.63, 3.8) is 0 Å². The van der Waals surface area contributed by atoms with Gasteiger partial charge in [0.1, 0.15) is 11.6 Å². The molecule has 5 nitrogen and oxygen atoms in total. The number of fused-ring (bicyclic) bond motifs is 1. The van der Waals surface area contributed by atoms with Gasteiger partial charge in [0.25, 0.3) is 0 Å². The first-order valence-electron chi connectivity index (χ1n) is 11.7. The first-order chi connectivity index (χ1) is 15.2. The molecule has 2 aromatic carbocycles. The van der Waals surface area contributed by atoms with E-state index in [1.54, 1.807) is 0 Å². The Bertz CT molecular complexity index is 1090. The molecule has 1 saturated heterocycles. The fraction of sp³-hybridized carbons (Fsp3) is 0.481. The standard InChI is InChI=1S/C27H35N3O2/c1-19-14-20(2)16-22(15-19)32-13-9-8-12-29-24-11-7-6-10-23(24)28-26(29)21-17-25(31)30(18-21)27(3,4)5/h6-7,10-11,14-16,21H,8-9,12-13,17-18H2,1-5H3. The van der Waals surface area contributed by atoms with Crippen molar-refractivity contribution in [3.05, 3.63) is 59.4 Å². The molecule has 1 aliphatic rings. The maximum absolute atomic E-state index is 12.7. The minimum absolute atomic E-state index is 0.139. The van der Waals surface area contributed by atoms with Crippen molar-refractivity contribution >= 4 is 16.9 Å². The van der Waals surface area contributed by atoms with Crippen LogP contribution in [0.15, 0.2) is 42.5 Å². The highest BCUT2D eigenvalue weighted by molar-refractivity contribution is 5.81. The Hall–Kier alpha value is -2.82. The topological polar surface area (TPSA) is 47.4 Å². The van der Waals surface area contributed by atoms with Gasteiger partial charge in [-0.25, -0.2) is 4.98 Å². The summed E-state index contributed by atoms with van der Waals surface area (Å²) in [7, 11) is 0. The number of hydrogen-bond donors (Lipinski definition) is 0. The molecule has 4 rings (SSSR count). The van der Waals surface area contributed by atoms with Crippen molar-refractivity contribution in [2.75, 3.05) is 13.2 Å². The zero-order valence-electron chi connectivity index (χ0n) is 20.0. The molecular formula is C27H35N3O2. The summed E-state index contributed by atoms with van der Waals surface area (Å²) in [5, 5.41) is 0. The molecule has 170 valence electrons. The maximum Gasteiger partial charge on any atom is 0.223 e. The van der Waals surface area contributed by atoms with Gasteiger partial charge in [-0.1, -0.05) is 18.2 Å². The Morgan fingerprint density at radius 2 is 1.78 bits per heavy atom. The van der Waals surface area contributed by atoms with Crippen molar-refractivity contribution in [1.82, 2.24) is 14.5 Å². The van der Waals surface area contributed by atoms with E-state index in [2.05, 4.69) is 75.6 Å². The van der Waals surface area contributed by atoms with Crippen LogP contribution in [0.3, 0.4) is 0 Å². The van der Waals surface area contributed by atoms with E-state index in [1.165, 1.54) is 11.1 Å². The van der Waals surface area contributed by atoms with Gasteiger partial charge in [0.15, 0.2) is 0 Å². The molecule has 0 N–H and O–H groups in total. The lowest BCUT2D eigenvalue weighted by atomic mass is 10.1. The van der Waals surface area contributed by atoms with E-state index in [4.69, 9.17) is 9.72 Å². The second kappa shape index (κ2) is 8.97. The minimum atomic E-state index is -0.159. The largest absolute Gasteiger partial charge is 0.494 e. The second-order valence-electron chi connectivity index (χ2n) is 10.1. The molecule has 0 saturated carbocycles. The van der Waals surface area contributed by atoms with Crippen LogP contribution in [0, 0.1) is 13.8 Å². The number of likely N-dealkylation sites (tertiary alicyclic amines) is 1. The van der Waals surface area contributed by atoms with Crippen molar-refractivity contribution in [2.24, 2.45) is 0 Å². The number of nitrogens with zero attached hydrogens (tertiary/aromatic N) is 3. The second-order valence-corrected chi connectivity index (χ2v) is 10.1. The number of rotatable bonds is 7. The van der Waals surface area contributed by atoms with Crippen LogP contribution in [0.1, 0.15) is 62.9 Å². The summed E-state index contributed by atoms with van der Waals surface area (Å²) in [5.74, 6) is 2.35. The molecule has 1 amide bonds. The smallest absolute Gasteiger partial charge is 0.223 e. The molecule has 0 bridgehead atoms. The third-order valence-corrected chi connectivity index (χ3v) is 6.22. The number of aryl methyl sites for hydroxylation is 3. The molecule has 1 aliphatic heterocycles. The summed E-state index contributed by atoms with van der Waals surface area (Å²) in [4.78, 5) is 19.6. The van der Waals surface area contributed by atoms with Crippen molar-refractivity contribution in [3.8, 4) is 5.75 Å². The average molecular weight is 434 g/mol. The molecule has 5 heteroatoms. The van der Waals surface area contributed by atoms with Gasteiger partial charge >= 0.3 is 0 Å². The maximum atomic E-state index is 12.7. The molecule has 32 heavy (non-hydrogen) atoms. The van der Waals surface area contributed by atoms with E-state index in [0.717, 1.165) is 48.5 Å². The van der Waals surface area contributed by atoms with E-state index >= 15 is 0 Å². The molecule has 1 fully saturated rings. The van der Waals surface area contributed by atoms with Gasteiger partial charge in [-0.3, -0.25) is 4.79 Å². The van der Waals surface area contributed by atoms with Crippen LogP contribution in [0.2, 0.25) is 0 Å². The highest BCUT2D eigenvalue weighted by Crippen LogP contribution is 2.34. The number of hydrogen-bond acceptors (Lipinski definition) is 3. The SMILES string of the molecule is Cc1cc(C)cc(OCCCCn2c(C3CC(=O)N(C(C)(C)C)C3)nc3ccccc32)c1. The number of aromatic nitrogens is 2. The molecule has 1 aromatic heterocycles. The molecule has 1 atom stereocenters. The summed E-state index contributed by atoms with van der Waals surface area (Å²) < 4.78 is 8.32. The van der Waals surface area contributed by atoms with E-state index in [0.29, 0.717) is 13.0 Å². The molecular weight excluding hydrogens is 398 g/mol. The van der Waals surface area contributed by atoms with Gasteiger partial charge in [0.05, 0.1) is 17.6 Å². The fourth-order valence-corrected chi connectivity index (χ4v) is 4.75. The van der Waals surface area contributed by atoms with Gasteiger partial charge in [-0.2, -0.15) is 0 Å². The van der Waals surface area contributed by atoms with Crippen LogP contribution >= 0.6 is 0 Å². The third-order valence-electron chi connectivity index (χ3n) is 6.22. The first kappa shape index (κ1) is 22.4. The van der Waals surface area contributed by atoms with Gasteiger partial charge in [-0.15, -0.1) is 0 Å². The van der Waals surface area contributed by atoms with E-state index in [9.17, 15) is 4.79 Å². The summed E-state index contributed by atoms with van der Waals surface area (Å²) >= 11 is 0. The zero-order chi connectivity index (χ0) is 22.9. The molecule has 0 spiro atoms. The number of para-hydroxylation sites is 2. The number of unbranched alkanes of at least 4 members (excludes halogenated alkanes) is 1. The number of ether oxygens (including phenoxy) is 1. The summed E-state index contributed by atoms with van der Waals surface area (Å²) in [5.41, 5.74) is 4.46. The van der Waals surface area contributed by atoms with Gasteiger partial charge in [0.2, 0.25) is 5.91 Å². The highest BCUT2D eigenvalue weighted by atomic mass is 16.5. The Kier molecular flexibility index (Phi) is 6.27. The normalized spacial score (nSPS) is 16.8. The van der Waals surface area contributed by atoms with Crippen LogP contribution in [-0.4, -0.2) is 39.0 Å². The van der Waals surface area contributed by atoms with E-state index in [1.807, 2.05) is 11.0 Å². The Morgan fingerprint density at radius 1 is 1.06 bits per heavy atom. The number of benzene rings is 2. The number of carbonyl (C=O) groups is 1. The summed E-state index contributed by atoms with van der Waals surface area (Å²) in [6.07, 6.45) is 2.51. The first-order valence-corrected chi connectivity index (χ1v) is 11.7. The van der Waals surface area contributed by atoms with Crippen molar-refractivity contribution < 1.29 is 9.53 Å². The lowest BCUT2D eigenvalue weighted by Gasteiger charge is -2.32. The van der Waals surface area contributed by atoms with Crippen molar-refractivity contribution in [1.29, 1.82) is 0 Å². The Balaban J connectivity index is 1.45. The number of imidazole rings is 1. The predicted octanol–water partition coefficient (Wildman–Crippen LogP) is 5.63. The third kappa shape index (κ3) is 4.82. The number of carbonyl (C=O) groups excluding carboxylic acids is 1. The molecule has 0 radical (unpaired) electrons. The van der Waals surface area contributed by atoms with Gasteiger partial charge in [-0.05, 0) is 82.9 Å². The van der Waals surface area contributed by atoms with Crippen LogP contribution in [-0.2, 0) is 11.3 Å². The van der Waals surface area contributed by atoms with Crippen LogP contribution in [0.25, 0.3) is 11.0 Å². The summed E-state index contributed by atoms with van der Waals surface area (Å²) in [6.45, 7) is 12.8. The number of amides is 1. The highest BCUT2D eigenvalue weighted by Gasteiger charge is 2.38. The molecule has 2 heterocycles. The lowest BCUT2D eigenvalue weighted by Crippen LogP contribution is -2.42. The zero-order valence-corrected chi connectivity index (χ0v) is 20.0. The molecule has 0 aliphatic carbocycles. The summed E-state index contributed by atoms with van der Waals surface area (Å²) in [6, 6.07) is 14.6. The fourth-order valence-electron chi connectivity index (χ4n) is 4.75. The monoisotopic (exact) mass is 433 g/mol. The molecule has 1 unspecified atom stereocenters. The van der Waals surface area contributed by atoms with Crippen molar-refractivity contribution in [2.45, 2.75) is 71.9 Å². The van der Waals surface area contributed by atoms with Gasteiger partial charge in [0, 0.05) is 31.0 Å². The average Bonchev–Trinajstić information content (AvgIpc) is 3.27. The van der Waals surface area contributed by atoms with E-state index in [-0.39, 0.29) is 17.4 Å². The van der Waals surface area contributed by atoms with Gasteiger partial charge < -0.3 is 14.2 Å². The molecule has 3 aromatic rings. The van der Waals surface area contributed by atoms with Crippen LogP contribution < -0.4 is 4.74 Å².